The number of rotatable bonds is 3. The SMILES string of the molecule is Cc1ccc(CNc2ccc(Cl)cc2C)c(Br)c1. The first-order valence-electron chi connectivity index (χ1n) is 5.81. The second kappa shape index (κ2) is 5.77. The van der Waals surface area contributed by atoms with E-state index in [0.717, 1.165) is 27.3 Å². The van der Waals surface area contributed by atoms with Crippen molar-refractivity contribution in [2.45, 2.75) is 20.4 Å². The van der Waals surface area contributed by atoms with Crippen LogP contribution in [0.2, 0.25) is 5.02 Å². The summed E-state index contributed by atoms with van der Waals surface area (Å²) < 4.78 is 1.14. The normalized spacial score (nSPS) is 10.4. The van der Waals surface area contributed by atoms with Crippen LogP contribution in [0.1, 0.15) is 16.7 Å². The Morgan fingerprint density at radius 1 is 1.11 bits per heavy atom. The van der Waals surface area contributed by atoms with Crippen molar-refractivity contribution in [1.82, 2.24) is 0 Å². The Morgan fingerprint density at radius 3 is 2.56 bits per heavy atom. The molecule has 2 aromatic carbocycles. The van der Waals surface area contributed by atoms with Crippen molar-refractivity contribution < 1.29 is 0 Å². The lowest BCUT2D eigenvalue weighted by Gasteiger charge is -2.11. The summed E-state index contributed by atoms with van der Waals surface area (Å²) >= 11 is 9.53. The Morgan fingerprint density at radius 2 is 1.89 bits per heavy atom. The molecule has 0 atom stereocenters. The minimum absolute atomic E-state index is 0.773. The summed E-state index contributed by atoms with van der Waals surface area (Å²) in [6.45, 7) is 4.94. The van der Waals surface area contributed by atoms with E-state index in [1.807, 2.05) is 18.2 Å². The van der Waals surface area contributed by atoms with Crippen molar-refractivity contribution in [2.75, 3.05) is 5.32 Å². The van der Waals surface area contributed by atoms with E-state index in [1.165, 1.54) is 11.1 Å². The van der Waals surface area contributed by atoms with E-state index in [4.69, 9.17) is 11.6 Å². The zero-order valence-corrected chi connectivity index (χ0v) is 12.8. The van der Waals surface area contributed by atoms with Crippen molar-refractivity contribution in [3.63, 3.8) is 0 Å². The van der Waals surface area contributed by atoms with E-state index in [-0.39, 0.29) is 0 Å². The lowest BCUT2D eigenvalue weighted by Crippen LogP contribution is -2.01. The Labute approximate surface area is 121 Å². The van der Waals surface area contributed by atoms with Crippen LogP contribution in [-0.2, 0) is 6.54 Å². The van der Waals surface area contributed by atoms with Gasteiger partial charge < -0.3 is 5.32 Å². The second-order valence-corrected chi connectivity index (χ2v) is 5.70. The average molecular weight is 325 g/mol. The fourth-order valence-electron chi connectivity index (χ4n) is 1.81. The Bertz CT molecular complexity index is 515. The molecule has 0 radical (unpaired) electrons. The maximum absolute atomic E-state index is 5.94. The molecule has 94 valence electrons. The van der Waals surface area contributed by atoms with Gasteiger partial charge in [-0.15, -0.1) is 0 Å². The fourth-order valence-corrected chi connectivity index (χ4v) is 2.67. The fraction of sp³-hybridized carbons (Fsp3) is 0.200. The molecular formula is C15H15BrClN. The molecule has 0 fully saturated rings. The summed E-state index contributed by atoms with van der Waals surface area (Å²) in [5.74, 6) is 0. The molecule has 2 aromatic rings. The third-order valence-electron chi connectivity index (χ3n) is 2.87. The molecule has 0 aliphatic heterocycles. The third-order valence-corrected chi connectivity index (χ3v) is 3.84. The van der Waals surface area contributed by atoms with E-state index < -0.39 is 0 Å². The molecule has 1 N–H and O–H groups in total. The van der Waals surface area contributed by atoms with Crippen LogP contribution in [0, 0.1) is 13.8 Å². The van der Waals surface area contributed by atoms with Gasteiger partial charge in [0.25, 0.3) is 0 Å². The average Bonchev–Trinajstić information content (AvgIpc) is 2.30. The number of nitrogens with one attached hydrogen (secondary N) is 1. The van der Waals surface area contributed by atoms with Crippen LogP contribution in [-0.4, -0.2) is 0 Å². The third kappa shape index (κ3) is 3.27. The van der Waals surface area contributed by atoms with E-state index in [2.05, 4.69) is 53.3 Å². The van der Waals surface area contributed by atoms with E-state index in [9.17, 15) is 0 Å². The molecule has 0 saturated carbocycles. The van der Waals surface area contributed by atoms with Gasteiger partial charge >= 0.3 is 0 Å². The van der Waals surface area contributed by atoms with Gasteiger partial charge in [0.05, 0.1) is 0 Å². The van der Waals surface area contributed by atoms with Gasteiger partial charge in [-0.3, -0.25) is 0 Å². The van der Waals surface area contributed by atoms with Crippen LogP contribution in [0.25, 0.3) is 0 Å². The number of anilines is 1. The number of hydrogen-bond donors (Lipinski definition) is 1. The Balaban J connectivity index is 2.11. The minimum atomic E-state index is 0.773. The molecule has 0 bridgehead atoms. The van der Waals surface area contributed by atoms with Crippen molar-refractivity contribution in [3.8, 4) is 0 Å². The molecule has 0 spiro atoms. The van der Waals surface area contributed by atoms with E-state index >= 15 is 0 Å². The molecule has 18 heavy (non-hydrogen) atoms. The Kier molecular flexibility index (Phi) is 4.31. The van der Waals surface area contributed by atoms with Gasteiger partial charge in [-0.05, 0) is 54.8 Å². The van der Waals surface area contributed by atoms with Crippen LogP contribution in [0.3, 0.4) is 0 Å². The van der Waals surface area contributed by atoms with Crippen molar-refractivity contribution in [2.24, 2.45) is 0 Å². The molecule has 0 aliphatic rings. The van der Waals surface area contributed by atoms with Gasteiger partial charge in [-0.1, -0.05) is 39.7 Å². The number of hydrogen-bond acceptors (Lipinski definition) is 1. The molecule has 1 nitrogen and oxygen atoms in total. The maximum atomic E-state index is 5.94. The van der Waals surface area contributed by atoms with Gasteiger partial charge in [0.1, 0.15) is 0 Å². The number of halogens is 2. The molecular weight excluding hydrogens is 310 g/mol. The van der Waals surface area contributed by atoms with Gasteiger partial charge in [-0.25, -0.2) is 0 Å². The van der Waals surface area contributed by atoms with Crippen LogP contribution >= 0.6 is 27.5 Å². The largest absolute Gasteiger partial charge is 0.381 e. The van der Waals surface area contributed by atoms with Gasteiger partial charge in [0.15, 0.2) is 0 Å². The summed E-state index contributed by atoms with van der Waals surface area (Å²) in [4.78, 5) is 0. The van der Waals surface area contributed by atoms with E-state index in [0.29, 0.717) is 0 Å². The highest BCUT2D eigenvalue weighted by molar-refractivity contribution is 9.10. The number of aryl methyl sites for hydroxylation is 2. The summed E-state index contributed by atoms with van der Waals surface area (Å²) in [6.07, 6.45) is 0. The molecule has 0 saturated heterocycles. The molecule has 0 amide bonds. The van der Waals surface area contributed by atoms with Crippen LogP contribution in [0.15, 0.2) is 40.9 Å². The van der Waals surface area contributed by atoms with Crippen LogP contribution in [0.4, 0.5) is 5.69 Å². The first-order valence-corrected chi connectivity index (χ1v) is 6.98. The van der Waals surface area contributed by atoms with Crippen LogP contribution < -0.4 is 5.32 Å². The lowest BCUT2D eigenvalue weighted by molar-refractivity contribution is 1.12. The van der Waals surface area contributed by atoms with Gasteiger partial charge in [0, 0.05) is 21.7 Å². The molecule has 0 heterocycles. The zero-order chi connectivity index (χ0) is 13.1. The van der Waals surface area contributed by atoms with Crippen molar-refractivity contribution in [3.05, 3.63) is 62.6 Å². The number of benzene rings is 2. The summed E-state index contributed by atoms with van der Waals surface area (Å²) in [5.41, 5.74) is 4.78. The second-order valence-electron chi connectivity index (χ2n) is 4.41. The first-order chi connectivity index (χ1) is 8.56. The van der Waals surface area contributed by atoms with E-state index in [1.54, 1.807) is 0 Å². The lowest BCUT2D eigenvalue weighted by atomic mass is 10.1. The first kappa shape index (κ1) is 13.4. The summed E-state index contributed by atoms with van der Waals surface area (Å²) in [5, 5.41) is 4.20. The van der Waals surface area contributed by atoms with Gasteiger partial charge in [0.2, 0.25) is 0 Å². The quantitative estimate of drug-likeness (QED) is 0.804. The highest BCUT2D eigenvalue weighted by atomic mass is 79.9. The monoisotopic (exact) mass is 323 g/mol. The van der Waals surface area contributed by atoms with Crippen molar-refractivity contribution >= 4 is 33.2 Å². The minimum Gasteiger partial charge on any atom is -0.381 e. The predicted octanol–water partition coefficient (Wildman–Crippen LogP) is 5.33. The molecule has 0 unspecified atom stereocenters. The van der Waals surface area contributed by atoms with Gasteiger partial charge in [-0.2, -0.15) is 0 Å². The predicted molar refractivity (Wildman–Crippen MR) is 82.4 cm³/mol. The topological polar surface area (TPSA) is 12.0 Å². The molecule has 3 heteroatoms. The molecule has 0 aromatic heterocycles. The van der Waals surface area contributed by atoms with Crippen molar-refractivity contribution in [1.29, 1.82) is 0 Å². The standard InChI is InChI=1S/C15H15BrClN/c1-10-3-4-12(14(16)7-10)9-18-15-6-5-13(17)8-11(15)2/h3-8,18H,9H2,1-2H3. The highest BCUT2D eigenvalue weighted by Crippen LogP contribution is 2.23. The maximum Gasteiger partial charge on any atom is 0.0412 e. The molecule has 0 aliphatic carbocycles. The van der Waals surface area contributed by atoms with Crippen LogP contribution in [0.5, 0.6) is 0 Å². The zero-order valence-electron chi connectivity index (χ0n) is 10.4. The Hall–Kier alpha value is -0.990. The summed E-state index contributed by atoms with van der Waals surface area (Å²) in [7, 11) is 0. The smallest absolute Gasteiger partial charge is 0.0412 e. The molecule has 2 rings (SSSR count). The highest BCUT2D eigenvalue weighted by Gasteiger charge is 2.02. The summed E-state index contributed by atoms with van der Waals surface area (Å²) in [6, 6.07) is 12.3.